The molecule has 0 N–H and O–H groups in total. The number of para-hydroxylation sites is 1. The molecule has 4 nitrogen and oxygen atoms in total. The second kappa shape index (κ2) is 10.1. The fourth-order valence-electron chi connectivity index (χ4n) is 7.25. The van der Waals surface area contributed by atoms with Crippen LogP contribution in [-0.2, 0) is 5.41 Å². The van der Waals surface area contributed by atoms with Crippen LogP contribution in [0.1, 0.15) is 25.0 Å². The molecule has 4 heteroatoms. The molecule has 0 spiro atoms. The third-order valence-corrected chi connectivity index (χ3v) is 9.44. The smallest absolute Gasteiger partial charge is 0.164 e. The largest absolute Gasteiger partial charge is 0.309 e. The fourth-order valence-corrected chi connectivity index (χ4v) is 7.25. The molecule has 6 aromatic carbocycles. The third-order valence-electron chi connectivity index (χ3n) is 9.44. The molecular formula is C42H30N4. The van der Waals surface area contributed by atoms with Crippen molar-refractivity contribution >= 4 is 21.8 Å². The van der Waals surface area contributed by atoms with Crippen LogP contribution in [0.5, 0.6) is 0 Å². The highest BCUT2D eigenvalue weighted by Gasteiger charge is 2.37. The summed E-state index contributed by atoms with van der Waals surface area (Å²) in [6.45, 7) is 4.68. The number of hydrogen-bond acceptors (Lipinski definition) is 3. The maximum Gasteiger partial charge on any atom is 0.164 e. The Kier molecular flexibility index (Phi) is 5.81. The molecule has 46 heavy (non-hydrogen) atoms. The number of aromatic nitrogens is 4. The van der Waals surface area contributed by atoms with Crippen LogP contribution in [0.3, 0.4) is 0 Å². The van der Waals surface area contributed by atoms with Gasteiger partial charge in [0, 0.05) is 38.6 Å². The Morgan fingerprint density at radius 1 is 0.478 bits per heavy atom. The molecule has 2 aromatic heterocycles. The van der Waals surface area contributed by atoms with Gasteiger partial charge in [0.05, 0.1) is 11.0 Å². The highest BCUT2D eigenvalue weighted by molar-refractivity contribution is 6.17. The molecule has 8 aromatic rings. The number of rotatable bonds is 4. The lowest BCUT2D eigenvalue weighted by atomic mass is 9.82. The molecule has 0 fully saturated rings. The van der Waals surface area contributed by atoms with Gasteiger partial charge in [-0.2, -0.15) is 0 Å². The summed E-state index contributed by atoms with van der Waals surface area (Å²) in [4.78, 5) is 14.9. The lowest BCUT2D eigenvalue weighted by Gasteiger charge is -2.21. The van der Waals surface area contributed by atoms with E-state index in [0.717, 1.165) is 22.4 Å². The van der Waals surface area contributed by atoms with E-state index in [4.69, 9.17) is 15.0 Å². The molecule has 1 aliphatic rings. The third kappa shape index (κ3) is 3.97. The SMILES string of the molecule is CC1(C)c2ccccc2-c2c1ccc1c2c2ccccc2n1-c1cccc(-c2nc(-c3ccccc3)nc(-c3ccccc3)n2)c1. The van der Waals surface area contributed by atoms with Gasteiger partial charge in [-0.15, -0.1) is 0 Å². The summed E-state index contributed by atoms with van der Waals surface area (Å²) in [7, 11) is 0. The van der Waals surface area contributed by atoms with Gasteiger partial charge in [-0.1, -0.05) is 135 Å². The minimum absolute atomic E-state index is 0.0607. The molecule has 0 radical (unpaired) electrons. The summed E-state index contributed by atoms with van der Waals surface area (Å²) in [6.07, 6.45) is 0. The molecule has 1 aliphatic carbocycles. The number of nitrogens with zero attached hydrogens (tertiary/aromatic N) is 4. The molecule has 218 valence electrons. The predicted molar refractivity (Wildman–Crippen MR) is 188 cm³/mol. The summed E-state index contributed by atoms with van der Waals surface area (Å²) in [5, 5.41) is 2.56. The van der Waals surface area contributed by atoms with E-state index in [1.807, 2.05) is 60.7 Å². The van der Waals surface area contributed by atoms with Crippen molar-refractivity contribution in [3.63, 3.8) is 0 Å². The van der Waals surface area contributed by atoms with E-state index in [2.05, 4.69) is 103 Å². The van der Waals surface area contributed by atoms with Gasteiger partial charge in [-0.3, -0.25) is 0 Å². The Morgan fingerprint density at radius 3 is 1.78 bits per heavy atom. The minimum atomic E-state index is -0.0607. The maximum absolute atomic E-state index is 5.00. The Balaban J connectivity index is 1.27. The van der Waals surface area contributed by atoms with E-state index in [0.29, 0.717) is 17.5 Å². The first-order chi connectivity index (χ1) is 22.6. The van der Waals surface area contributed by atoms with Gasteiger partial charge in [0.1, 0.15) is 0 Å². The van der Waals surface area contributed by atoms with Crippen LogP contribution in [0.2, 0.25) is 0 Å². The zero-order valence-electron chi connectivity index (χ0n) is 25.6. The van der Waals surface area contributed by atoms with Crippen molar-refractivity contribution in [1.82, 2.24) is 19.5 Å². The minimum Gasteiger partial charge on any atom is -0.309 e. The van der Waals surface area contributed by atoms with Crippen molar-refractivity contribution in [3.05, 3.63) is 157 Å². The first-order valence-corrected chi connectivity index (χ1v) is 15.7. The van der Waals surface area contributed by atoms with Crippen molar-refractivity contribution in [2.75, 3.05) is 0 Å². The van der Waals surface area contributed by atoms with E-state index in [9.17, 15) is 0 Å². The lowest BCUT2D eigenvalue weighted by Crippen LogP contribution is -2.14. The highest BCUT2D eigenvalue weighted by Crippen LogP contribution is 2.53. The molecule has 0 bridgehead atoms. The van der Waals surface area contributed by atoms with Crippen LogP contribution in [0, 0.1) is 0 Å². The summed E-state index contributed by atoms with van der Waals surface area (Å²) >= 11 is 0. The van der Waals surface area contributed by atoms with E-state index in [-0.39, 0.29) is 5.41 Å². The van der Waals surface area contributed by atoms with Gasteiger partial charge in [-0.05, 0) is 46.5 Å². The normalized spacial score (nSPS) is 13.2. The Bertz CT molecular complexity index is 2380. The first kappa shape index (κ1) is 26.5. The van der Waals surface area contributed by atoms with Crippen LogP contribution in [0.25, 0.3) is 72.8 Å². The zero-order valence-corrected chi connectivity index (χ0v) is 25.6. The molecule has 9 rings (SSSR count). The van der Waals surface area contributed by atoms with Crippen molar-refractivity contribution in [3.8, 4) is 51.0 Å². The summed E-state index contributed by atoms with van der Waals surface area (Å²) in [5.41, 5.74) is 11.7. The first-order valence-electron chi connectivity index (χ1n) is 15.7. The fraction of sp³-hybridized carbons (Fsp3) is 0.0714. The average molecular weight is 591 g/mol. The van der Waals surface area contributed by atoms with Crippen molar-refractivity contribution < 1.29 is 0 Å². The average Bonchev–Trinajstić information content (AvgIpc) is 3.58. The number of fused-ring (bicyclic) bond motifs is 7. The quantitative estimate of drug-likeness (QED) is 0.205. The van der Waals surface area contributed by atoms with Gasteiger partial charge in [-0.25, -0.2) is 15.0 Å². The highest BCUT2D eigenvalue weighted by atomic mass is 15.0. The van der Waals surface area contributed by atoms with Crippen LogP contribution in [0.15, 0.2) is 146 Å². The monoisotopic (exact) mass is 590 g/mol. The molecule has 0 saturated carbocycles. The van der Waals surface area contributed by atoms with Gasteiger partial charge < -0.3 is 4.57 Å². The van der Waals surface area contributed by atoms with Crippen molar-refractivity contribution in [2.24, 2.45) is 0 Å². The van der Waals surface area contributed by atoms with Crippen LogP contribution in [0.4, 0.5) is 0 Å². The predicted octanol–water partition coefficient (Wildman–Crippen LogP) is 10.3. The topological polar surface area (TPSA) is 43.6 Å². The van der Waals surface area contributed by atoms with Gasteiger partial charge in [0.15, 0.2) is 17.5 Å². The number of benzene rings is 6. The van der Waals surface area contributed by atoms with Crippen molar-refractivity contribution in [1.29, 1.82) is 0 Å². The maximum atomic E-state index is 5.00. The second-order valence-electron chi connectivity index (χ2n) is 12.5. The van der Waals surface area contributed by atoms with Crippen LogP contribution >= 0.6 is 0 Å². The zero-order chi connectivity index (χ0) is 30.8. The standard InChI is InChI=1S/C42H30N4/c1-42(2)33-22-11-9-20-31(33)37-34(42)24-25-36-38(37)32-21-10-12-23-35(32)46(36)30-19-13-18-29(26-30)41-44-39(27-14-5-3-6-15-27)43-40(45-41)28-16-7-4-8-17-28/h3-26H,1-2H3. The lowest BCUT2D eigenvalue weighted by molar-refractivity contribution is 0.661. The Labute approximate surface area is 267 Å². The Morgan fingerprint density at radius 2 is 1.07 bits per heavy atom. The van der Waals surface area contributed by atoms with E-state index in [1.54, 1.807) is 0 Å². The molecule has 0 amide bonds. The van der Waals surface area contributed by atoms with Crippen LogP contribution < -0.4 is 0 Å². The summed E-state index contributed by atoms with van der Waals surface area (Å²) in [6, 6.07) is 51.1. The van der Waals surface area contributed by atoms with Crippen LogP contribution in [-0.4, -0.2) is 19.5 Å². The number of hydrogen-bond donors (Lipinski definition) is 0. The Hall–Kier alpha value is -5.87. The van der Waals surface area contributed by atoms with E-state index in [1.165, 1.54) is 44.1 Å². The summed E-state index contributed by atoms with van der Waals surface area (Å²) in [5.74, 6) is 1.96. The van der Waals surface area contributed by atoms with E-state index < -0.39 is 0 Å². The molecule has 0 unspecified atom stereocenters. The van der Waals surface area contributed by atoms with Gasteiger partial charge >= 0.3 is 0 Å². The molecule has 0 aliphatic heterocycles. The molecule has 0 atom stereocenters. The molecule has 2 heterocycles. The molecule has 0 saturated heterocycles. The van der Waals surface area contributed by atoms with E-state index >= 15 is 0 Å². The second-order valence-corrected chi connectivity index (χ2v) is 12.5. The molecular weight excluding hydrogens is 560 g/mol. The summed E-state index contributed by atoms with van der Waals surface area (Å²) < 4.78 is 2.39. The van der Waals surface area contributed by atoms with Crippen molar-refractivity contribution in [2.45, 2.75) is 19.3 Å². The van der Waals surface area contributed by atoms with Gasteiger partial charge in [0.25, 0.3) is 0 Å². The van der Waals surface area contributed by atoms with Gasteiger partial charge in [0.2, 0.25) is 0 Å².